The molecule has 2 heterocycles. The molecule has 2 rings (SSSR count). The van der Waals surface area contributed by atoms with E-state index in [1.54, 1.807) is 0 Å². The van der Waals surface area contributed by atoms with Crippen LogP contribution in [0.1, 0.15) is 55.4 Å². The number of nitrogens with zero attached hydrogens (tertiary/aromatic N) is 1. The van der Waals surface area contributed by atoms with Gasteiger partial charge >= 0.3 is 6.09 Å². The van der Waals surface area contributed by atoms with Crippen LogP contribution in [0.4, 0.5) is 4.79 Å². The van der Waals surface area contributed by atoms with E-state index < -0.39 is 5.60 Å². The minimum atomic E-state index is -0.433. The molecule has 1 aromatic rings. The fourth-order valence-electron chi connectivity index (χ4n) is 3.01. The maximum Gasteiger partial charge on any atom is 0.410 e. The van der Waals surface area contributed by atoms with E-state index in [0.717, 1.165) is 32.5 Å². The second kappa shape index (κ2) is 7.67. The van der Waals surface area contributed by atoms with E-state index in [-0.39, 0.29) is 12.1 Å². The van der Waals surface area contributed by atoms with Crippen LogP contribution in [0.5, 0.6) is 0 Å². The zero-order valence-electron chi connectivity index (χ0n) is 15.1. The maximum atomic E-state index is 12.4. The smallest absolute Gasteiger partial charge is 0.410 e. The van der Waals surface area contributed by atoms with Gasteiger partial charge in [0.25, 0.3) is 0 Å². The van der Waals surface area contributed by atoms with Crippen molar-refractivity contribution in [3.05, 3.63) is 21.4 Å². The molecule has 1 N–H and O–H groups in total. The number of nitrogens with one attached hydrogen (secondary N) is 1. The molecule has 1 aliphatic rings. The van der Waals surface area contributed by atoms with Gasteiger partial charge in [-0.05, 0) is 65.5 Å². The molecule has 0 aliphatic carbocycles. The molecular weight excluding hydrogens is 308 g/mol. The molecule has 0 aromatic carbocycles. The Morgan fingerprint density at radius 2 is 2.13 bits per heavy atom. The minimum Gasteiger partial charge on any atom is -0.444 e. The van der Waals surface area contributed by atoms with E-state index >= 15 is 0 Å². The molecule has 0 bridgehead atoms. The van der Waals surface area contributed by atoms with Crippen LogP contribution in [0.2, 0.25) is 0 Å². The number of aryl methyl sites for hydroxylation is 2. The zero-order valence-corrected chi connectivity index (χ0v) is 15.9. The van der Waals surface area contributed by atoms with Crippen LogP contribution in [0.25, 0.3) is 0 Å². The lowest BCUT2D eigenvalue weighted by Crippen LogP contribution is -2.50. The third kappa shape index (κ3) is 5.50. The first-order valence-electron chi connectivity index (χ1n) is 8.52. The Kier molecular flexibility index (Phi) is 6.09. The highest BCUT2D eigenvalue weighted by Gasteiger charge is 2.30. The number of carbonyl (C=O) groups excluding carboxylic acids is 1. The van der Waals surface area contributed by atoms with Gasteiger partial charge in [0.1, 0.15) is 5.60 Å². The van der Waals surface area contributed by atoms with Gasteiger partial charge in [-0.15, -0.1) is 11.3 Å². The predicted molar refractivity (Wildman–Crippen MR) is 96.1 cm³/mol. The minimum absolute atomic E-state index is 0.174. The lowest BCUT2D eigenvalue weighted by molar-refractivity contribution is 0.00993. The standard InChI is InChI=1S/C18H30N2O2S/c1-13-10-15(14(2)23-13)11-19-12-16-8-6-7-9-20(16)17(21)22-18(3,4)5/h10,16,19H,6-9,11-12H2,1-5H3. The molecule has 0 saturated carbocycles. The molecule has 130 valence electrons. The second-order valence-electron chi connectivity index (χ2n) is 7.39. The van der Waals surface area contributed by atoms with E-state index in [0.29, 0.717) is 0 Å². The lowest BCUT2D eigenvalue weighted by atomic mass is 10.0. The molecule has 1 aliphatic heterocycles. The highest BCUT2D eigenvalue weighted by atomic mass is 32.1. The number of amides is 1. The quantitative estimate of drug-likeness (QED) is 0.892. The molecule has 1 saturated heterocycles. The van der Waals surface area contributed by atoms with E-state index in [2.05, 4.69) is 25.2 Å². The summed E-state index contributed by atoms with van der Waals surface area (Å²) in [7, 11) is 0. The third-order valence-corrected chi connectivity index (χ3v) is 5.10. The van der Waals surface area contributed by atoms with Gasteiger partial charge in [0.2, 0.25) is 0 Å². The van der Waals surface area contributed by atoms with Gasteiger partial charge in [0, 0.05) is 35.4 Å². The van der Waals surface area contributed by atoms with Crippen molar-refractivity contribution >= 4 is 17.4 Å². The van der Waals surface area contributed by atoms with Crippen molar-refractivity contribution in [1.29, 1.82) is 0 Å². The summed E-state index contributed by atoms with van der Waals surface area (Å²) in [5, 5.41) is 3.53. The Bertz CT molecular complexity index is 534. The summed E-state index contributed by atoms with van der Waals surface area (Å²) in [5.41, 5.74) is 0.935. The Balaban J connectivity index is 1.88. The summed E-state index contributed by atoms with van der Waals surface area (Å²) in [6.45, 7) is 12.6. The van der Waals surface area contributed by atoms with Gasteiger partial charge in [-0.1, -0.05) is 0 Å². The first kappa shape index (κ1) is 18.3. The largest absolute Gasteiger partial charge is 0.444 e. The molecular formula is C18H30N2O2S. The van der Waals surface area contributed by atoms with Gasteiger partial charge < -0.3 is 15.0 Å². The summed E-state index contributed by atoms with van der Waals surface area (Å²) in [4.78, 5) is 17.0. The van der Waals surface area contributed by atoms with Crippen molar-refractivity contribution in [2.75, 3.05) is 13.1 Å². The number of rotatable bonds is 4. The summed E-state index contributed by atoms with van der Waals surface area (Å²) in [6, 6.07) is 2.48. The van der Waals surface area contributed by atoms with Crippen LogP contribution in [-0.2, 0) is 11.3 Å². The number of hydrogen-bond acceptors (Lipinski definition) is 4. The maximum absolute atomic E-state index is 12.4. The first-order chi connectivity index (χ1) is 10.8. The number of ether oxygens (including phenoxy) is 1. The fraction of sp³-hybridized carbons (Fsp3) is 0.722. The van der Waals surface area contributed by atoms with Crippen molar-refractivity contribution in [3.8, 4) is 0 Å². The van der Waals surface area contributed by atoms with Crippen LogP contribution in [0, 0.1) is 13.8 Å². The molecule has 1 amide bonds. The van der Waals surface area contributed by atoms with Crippen molar-refractivity contribution in [1.82, 2.24) is 10.2 Å². The molecule has 4 nitrogen and oxygen atoms in total. The Morgan fingerprint density at radius 1 is 1.39 bits per heavy atom. The molecule has 1 aromatic heterocycles. The molecule has 5 heteroatoms. The number of carbonyl (C=O) groups is 1. The second-order valence-corrected chi connectivity index (χ2v) is 8.85. The lowest BCUT2D eigenvalue weighted by Gasteiger charge is -2.37. The summed E-state index contributed by atoms with van der Waals surface area (Å²) in [6.07, 6.45) is 3.13. The first-order valence-corrected chi connectivity index (χ1v) is 9.34. The van der Waals surface area contributed by atoms with Crippen molar-refractivity contribution < 1.29 is 9.53 Å². The van der Waals surface area contributed by atoms with Crippen LogP contribution in [-0.4, -0.2) is 35.7 Å². The van der Waals surface area contributed by atoms with Crippen molar-refractivity contribution in [3.63, 3.8) is 0 Å². The molecule has 1 fully saturated rings. The van der Waals surface area contributed by atoms with Crippen LogP contribution >= 0.6 is 11.3 Å². The Labute approximate surface area is 144 Å². The van der Waals surface area contributed by atoms with Crippen molar-refractivity contribution in [2.24, 2.45) is 0 Å². The van der Waals surface area contributed by atoms with Gasteiger partial charge in [-0.3, -0.25) is 0 Å². The van der Waals surface area contributed by atoms with Crippen molar-refractivity contribution in [2.45, 2.75) is 72.1 Å². The number of likely N-dealkylation sites (tertiary alicyclic amines) is 1. The van der Waals surface area contributed by atoms with E-state index in [9.17, 15) is 4.79 Å². The molecule has 1 atom stereocenters. The Morgan fingerprint density at radius 3 is 2.74 bits per heavy atom. The summed E-state index contributed by atoms with van der Waals surface area (Å²) in [5.74, 6) is 0. The molecule has 0 spiro atoms. The number of thiophene rings is 1. The average Bonchev–Trinajstić information content (AvgIpc) is 2.75. The topological polar surface area (TPSA) is 41.6 Å². The monoisotopic (exact) mass is 338 g/mol. The van der Waals surface area contributed by atoms with Crippen LogP contribution in [0.3, 0.4) is 0 Å². The fourth-order valence-corrected chi connectivity index (χ4v) is 3.95. The van der Waals surface area contributed by atoms with E-state index in [1.165, 1.54) is 21.7 Å². The molecule has 1 unspecified atom stereocenters. The average molecular weight is 339 g/mol. The van der Waals surface area contributed by atoms with Gasteiger partial charge in [-0.2, -0.15) is 0 Å². The van der Waals surface area contributed by atoms with E-state index in [1.807, 2.05) is 37.0 Å². The van der Waals surface area contributed by atoms with Gasteiger partial charge in [-0.25, -0.2) is 4.79 Å². The zero-order chi connectivity index (χ0) is 17.0. The predicted octanol–water partition coefficient (Wildman–Crippen LogP) is 4.24. The number of hydrogen-bond donors (Lipinski definition) is 1. The van der Waals surface area contributed by atoms with Crippen LogP contribution < -0.4 is 5.32 Å². The third-order valence-electron chi connectivity index (χ3n) is 4.09. The Hall–Kier alpha value is -1.07. The van der Waals surface area contributed by atoms with Crippen LogP contribution in [0.15, 0.2) is 6.07 Å². The summed E-state index contributed by atoms with van der Waals surface area (Å²) < 4.78 is 5.56. The highest BCUT2D eigenvalue weighted by molar-refractivity contribution is 7.12. The van der Waals surface area contributed by atoms with Gasteiger partial charge in [0.05, 0.1) is 0 Å². The number of piperidine rings is 1. The van der Waals surface area contributed by atoms with E-state index in [4.69, 9.17) is 4.74 Å². The molecule has 23 heavy (non-hydrogen) atoms. The highest BCUT2D eigenvalue weighted by Crippen LogP contribution is 2.22. The molecule has 0 radical (unpaired) electrons. The SMILES string of the molecule is Cc1cc(CNCC2CCCCN2C(=O)OC(C)(C)C)c(C)s1. The summed E-state index contributed by atoms with van der Waals surface area (Å²) >= 11 is 1.84. The normalized spacial score (nSPS) is 19.0. The van der Waals surface area contributed by atoms with Gasteiger partial charge in [0.15, 0.2) is 0 Å².